The third kappa shape index (κ3) is 3.25. The molecular weight excluding hydrogens is 329 g/mol. The zero-order valence-electron chi connectivity index (χ0n) is 8.32. The Morgan fingerprint density at radius 3 is 1.89 bits per heavy atom. The second-order valence-electron chi connectivity index (χ2n) is 2.90. The number of hydrogen-bond donors (Lipinski definition) is 1. The third-order valence-corrected chi connectivity index (χ3v) is 5.41. The number of rotatable bonds is 4. The van der Waals surface area contributed by atoms with Gasteiger partial charge in [-0.1, -0.05) is 12.1 Å². The van der Waals surface area contributed by atoms with Gasteiger partial charge in [0.15, 0.2) is 0 Å². The molecule has 11 heteroatoms. The number of hydrogen-bond acceptors (Lipinski definition) is 5. The molecule has 100 valence electrons. The molecule has 0 bridgehead atoms. The quantitative estimate of drug-likeness (QED) is 0.828. The van der Waals surface area contributed by atoms with Crippen LogP contribution in [-0.4, -0.2) is 27.9 Å². The Labute approximate surface area is 112 Å². The largest absolute Gasteiger partial charge is 0.478 e. The fourth-order valence-electron chi connectivity index (χ4n) is 1.15. The Morgan fingerprint density at radius 2 is 1.50 bits per heavy atom. The number of aromatic carboxylic acids is 1. The van der Waals surface area contributed by atoms with E-state index in [-0.39, 0.29) is 3.71 Å². The van der Waals surface area contributed by atoms with Gasteiger partial charge in [0.05, 0.1) is 11.3 Å². The Bertz CT molecular complexity index is 652. The normalized spacial score (nSPS) is 12.1. The van der Waals surface area contributed by atoms with Crippen LogP contribution in [0.2, 0.25) is 0 Å². The van der Waals surface area contributed by atoms with Crippen LogP contribution in [0.1, 0.15) is 10.4 Å². The van der Waals surface area contributed by atoms with Crippen LogP contribution in [0, 0.1) is 0 Å². The summed E-state index contributed by atoms with van der Waals surface area (Å²) in [7, 11) is 0.254. The van der Waals surface area contributed by atoms with Crippen molar-refractivity contribution in [2.24, 2.45) is 0 Å². The molecule has 0 aliphatic rings. The summed E-state index contributed by atoms with van der Waals surface area (Å²) in [4.78, 5) is 10.9. The van der Waals surface area contributed by atoms with Crippen molar-refractivity contribution in [3.8, 4) is 0 Å². The maximum Gasteiger partial charge on any atom is 0.337 e. The molecule has 18 heavy (non-hydrogen) atoms. The van der Waals surface area contributed by atoms with Crippen molar-refractivity contribution in [3.63, 3.8) is 0 Å². The van der Waals surface area contributed by atoms with E-state index < -0.39 is 35.7 Å². The molecule has 0 saturated heterocycles. The summed E-state index contributed by atoms with van der Waals surface area (Å²) >= 11 is 0. The lowest BCUT2D eigenvalue weighted by atomic mass is 10.2. The number of para-hydroxylation sites is 1. The van der Waals surface area contributed by atoms with Crippen molar-refractivity contribution in [3.05, 3.63) is 29.8 Å². The maximum absolute atomic E-state index is 11.2. The lowest BCUT2D eigenvalue weighted by Crippen LogP contribution is -2.31. The van der Waals surface area contributed by atoms with Crippen LogP contribution in [0.3, 0.4) is 0 Å². The number of carbonyl (C=O) groups is 1. The van der Waals surface area contributed by atoms with Gasteiger partial charge in [0, 0.05) is 21.4 Å². The topological polar surface area (TPSA) is 109 Å². The fourth-order valence-corrected chi connectivity index (χ4v) is 4.83. The third-order valence-electron chi connectivity index (χ3n) is 1.73. The first-order valence-electron chi connectivity index (χ1n) is 4.07. The van der Waals surface area contributed by atoms with Gasteiger partial charge >= 0.3 is 24.4 Å². The molecule has 0 unspecified atom stereocenters. The highest BCUT2D eigenvalue weighted by Gasteiger charge is 2.34. The number of benzene rings is 1. The van der Waals surface area contributed by atoms with E-state index >= 15 is 0 Å². The molecule has 1 aromatic carbocycles. The second kappa shape index (κ2) is 4.92. The van der Waals surface area contributed by atoms with E-state index in [2.05, 4.69) is 0 Å². The molecule has 0 aromatic heterocycles. The predicted molar refractivity (Wildman–Crippen MR) is 65.4 cm³/mol. The van der Waals surface area contributed by atoms with Gasteiger partial charge in [-0.3, -0.25) is 0 Å². The van der Waals surface area contributed by atoms with E-state index in [0.717, 1.165) is 12.1 Å². The standard InChI is InChI=1S/C7H5Cl2NO6S2/c8-17(13,14)10(18(9,15)16)6-4-2-1-3-5(6)7(11)12/h1-4H,(H,11,12). The van der Waals surface area contributed by atoms with Gasteiger partial charge in [-0.05, 0) is 12.1 Å². The summed E-state index contributed by atoms with van der Waals surface area (Å²) in [5.74, 6) is -1.53. The van der Waals surface area contributed by atoms with Crippen LogP contribution in [0.5, 0.6) is 0 Å². The highest BCUT2D eigenvalue weighted by Crippen LogP contribution is 2.29. The summed E-state index contributed by atoms with van der Waals surface area (Å²) in [5.41, 5.74) is -1.25. The number of halogens is 2. The second-order valence-corrected chi connectivity index (χ2v) is 7.85. The molecule has 0 atom stereocenters. The van der Waals surface area contributed by atoms with Gasteiger partial charge in [0.1, 0.15) is 0 Å². The van der Waals surface area contributed by atoms with Crippen LogP contribution in [0.4, 0.5) is 5.69 Å². The van der Waals surface area contributed by atoms with E-state index in [4.69, 9.17) is 26.5 Å². The number of anilines is 1. The van der Waals surface area contributed by atoms with E-state index in [9.17, 15) is 21.6 Å². The molecule has 0 heterocycles. The molecule has 1 rings (SSSR count). The molecule has 1 N–H and O–H groups in total. The lowest BCUT2D eigenvalue weighted by molar-refractivity contribution is 0.0698. The first-order valence-corrected chi connectivity index (χ1v) is 8.60. The minimum absolute atomic E-state index is 0.368. The predicted octanol–water partition coefficient (Wildman–Crippen LogP) is 1.16. The maximum atomic E-state index is 11.2. The van der Waals surface area contributed by atoms with Crippen molar-refractivity contribution in [1.82, 2.24) is 0 Å². The minimum atomic E-state index is -4.81. The fraction of sp³-hybridized carbons (Fsp3) is 0. The van der Waals surface area contributed by atoms with Gasteiger partial charge in [-0.15, -0.1) is 3.71 Å². The lowest BCUT2D eigenvalue weighted by Gasteiger charge is -2.17. The van der Waals surface area contributed by atoms with E-state index in [0.29, 0.717) is 0 Å². The molecule has 0 amide bonds. The van der Waals surface area contributed by atoms with E-state index in [1.165, 1.54) is 12.1 Å². The summed E-state index contributed by atoms with van der Waals surface area (Å²) in [5, 5.41) is 8.84. The Kier molecular flexibility index (Phi) is 4.11. The first kappa shape index (κ1) is 15.0. The molecule has 1 aromatic rings. The molecular formula is C7H5Cl2NO6S2. The highest BCUT2D eigenvalue weighted by atomic mass is 35.7. The molecule has 0 saturated carbocycles. The van der Waals surface area contributed by atoms with Crippen molar-refractivity contribution in [2.45, 2.75) is 0 Å². The van der Waals surface area contributed by atoms with Crippen LogP contribution in [-0.2, 0) is 18.5 Å². The Balaban J connectivity index is 3.66. The van der Waals surface area contributed by atoms with Crippen molar-refractivity contribution in [2.75, 3.05) is 3.71 Å². The smallest absolute Gasteiger partial charge is 0.337 e. The van der Waals surface area contributed by atoms with Gasteiger partial charge in [-0.2, -0.15) is 16.8 Å². The van der Waals surface area contributed by atoms with Crippen LogP contribution in [0.25, 0.3) is 0 Å². The zero-order chi connectivity index (χ0) is 14.1. The van der Waals surface area contributed by atoms with Gasteiger partial charge in [0.2, 0.25) is 0 Å². The SMILES string of the molecule is O=C(O)c1ccccc1N(S(=O)(=O)Cl)S(=O)(=O)Cl. The number of nitrogens with zero attached hydrogens (tertiary/aromatic N) is 1. The van der Waals surface area contributed by atoms with E-state index in [1.54, 1.807) is 0 Å². The van der Waals surface area contributed by atoms with Crippen molar-refractivity contribution < 1.29 is 26.7 Å². The zero-order valence-corrected chi connectivity index (χ0v) is 11.5. The number of carboxylic acids is 1. The van der Waals surface area contributed by atoms with Crippen LogP contribution < -0.4 is 3.71 Å². The first-order chi connectivity index (χ1) is 8.05. The molecule has 0 radical (unpaired) electrons. The molecule has 0 spiro atoms. The average molecular weight is 334 g/mol. The Hall–Kier alpha value is -1.03. The van der Waals surface area contributed by atoms with Crippen molar-refractivity contribution in [1.29, 1.82) is 0 Å². The number of carboxylic acid groups (broad SMARTS) is 1. The monoisotopic (exact) mass is 333 g/mol. The molecule has 0 aliphatic heterocycles. The molecule has 0 fully saturated rings. The Morgan fingerprint density at radius 1 is 1.06 bits per heavy atom. The summed E-state index contributed by atoms with van der Waals surface area (Å²) in [6, 6.07) is 4.48. The van der Waals surface area contributed by atoms with Gasteiger partial charge in [-0.25, -0.2) is 4.79 Å². The highest BCUT2D eigenvalue weighted by molar-refractivity contribution is 8.29. The summed E-state index contributed by atoms with van der Waals surface area (Å²) in [6.07, 6.45) is 0. The summed E-state index contributed by atoms with van der Waals surface area (Å²) < 4.78 is 44.4. The van der Waals surface area contributed by atoms with Crippen LogP contribution in [0.15, 0.2) is 24.3 Å². The summed E-state index contributed by atoms with van der Waals surface area (Å²) in [6.45, 7) is 0. The van der Waals surface area contributed by atoms with E-state index in [1.807, 2.05) is 0 Å². The average Bonchev–Trinajstić information content (AvgIpc) is 2.13. The molecule has 7 nitrogen and oxygen atoms in total. The van der Waals surface area contributed by atoms with Gasteiger partial charge < -0.3 is 5.11 Å². The molecule has 0 aliphatic carbocycles. The minimum Gasteiger partial charge on any atom is -0.478 e. The van der Waals surface area contributed by atoms with Crippen LogP contribution >= 0.6 is 21.4 Å². The van der Waals surface area contributed by atoms with Crippen molar-refractivity contribution >= 4 is 51.5 Å². The van der Waals surface area contributed by atoms with Gasteiger partial charge in [0.25, 0.3) is 0 Å².